The lowest BCUT2D eigenvalue weighted by molar-refractivity contribution is -0.137. The van der Waals surface area contributed by atoms with Gasteiger partial charge in [0.15, 0.2) is 0 Å². The van der Waals surface area contributed by atoms with Crippen molar-refractivity contribution in [3.63, 3.8) is 0 Å². The molecule has 2 rings (SSSR count). The van der Waals surface area contributed by atoms with Crippen molar-refractivity contribution in [3.8, 4) is 0 Å². The first-order valence-corrected chi connectivity index (χ1v) is 5.89. The second-order valence-electron chi connectivity index (χ2n) is 3.62. The number of benzene rings is 1. The molecular formula is C12H9BrF3NO. The Morgan fingerprint density at radius 2 is 2.00 bits per heavy atom. The highest BCUT2D eigenvalue weighted by atomic mass is 79.9. The van der Waals surface area contributed by atoms with Gasteiger partial charge < -0.3 is 9.73 Å². The van der Waals surface area contributed by atoms with Crippen LogP contribution in [0.4, 0.5) is 18.9 Å². The van der Waals surface area contributed by atoms with Gasteiger partial charge in [0, 0.05) is 10.2 Å². The van der Waals surface area contributed by atoms with Gasteiger partial charge in [-0.25, -0.2) is 0 Å². The monoisotopic (exact) mass is 319 g/mol. The molecule has 2 aromatic rings. The lowest BCUT2D eigenvalue weighted by atomic mass is 10.1. The van der Waals surface area contributed by atoms with Crippen molar-refractivity contribution in [1.29, 1.82) is 0 Å². The number of furan rings is 1. The van der Waals surface area contributed by atoms with E-state index in [1.807, 2.05) is 0 Å². The van der Waals surface area contributed by atoms with Crippen molar-refractivity contribution >= 4 is 21.6 Å². The van der Waals surface area contributed by atoms with E-state index in [0.29, 0.717) is 10.2 Å². The predicted octanol–water partition coefficient (Wildman–Crippen LogP) is 4.67. The van der Waals surface area contributed by atoms with Gasteiger partial charge in [-0.05, 0) is 30.3 Å². The molecule has 0 unspecified atom stereocenters. The van der Waals surface area contributed by atoms with Gasteiger partial charge >= 0.3 is 6.18 Å². The number of hydrogen-bond donors (Lipinski definition) is 1. The number of anilines is 1. The first-order valence-electron chi connectivity index (χ1n) is 5.10. The fourth-order valence-corrected chi connectivity index (χ4v) is 1.87. The molecule has 96 valence electrons. The van der Waals surface area contributed by atoms with Crippen molar-refractivity contribution in [2.24, 2.45) is 0 Å². The van der Waals surface area contributed by atoms with Crippen LogP contribution in [0, 0.1) is 0 Å². The Hall–Kier alpha value is -1.43. The molecule has 2 nitrogen and oxygen atoms in total. The average Bonchev–Trinajstić information content (AvgIpc) is 2.77. The number of rotatable bonds is 3. The van der Waals surface area contributed by atoms with Crippen LogP contribution in [0.15, 0.2) is 45.5 Å². The Morgan fingerprint density at radius 1 is 1.22 bits per heavy atom. The summed E-state index contributed by atoms with van der Waals surface area (Å²) in [5, 5.41) is 2.72. The molecule has 0 saturated heterocycles. The second-order valence-corrected chi connectivity index (χ2v) is 4.54. The van der Waals surface area contributed by atoms with Gasteiger partial charge in [0.1, 0.15) is 5.76 Å². The molecule has 1 aromatic carbocycles. The summed E-state index contributed by atoms with van der Waals surface area (Å²) in [6.45, 7) is 0.201. The molecular weight excluding hydrogens is 311 g/mol. The van der Waals surface area contributed by atoms with Crippen LogP contribution in [0.2, 0.25) is 0 Å². The molecule has 0 fully saturated rings. The van der Waals surface area contributed by atoms with Gasteiger partial charge in [-0.2, -0.15) is 13.2 Å². The molecule has 0 saturated carbocycles. The van der Waals surface area contributed by atoms with Gasteiger partial charge in [-0.15, -0.1) is 0 Å². The molecule has 0 amide bonds. The van der Waals surface area contributed by atoms with Crippen LogP contribution in [0.25, 0.3) is 0 Å². The quantitative estimate of drug-likeness (QED) is 0.889. The molecule has 1 aromatic heterocycles. The van der Waals surface area contributed by atoms with Gasteiger partial charge in [0.05, 0.1) is 18.4 Å². The largest absolute Gasteiger partial charge is 0.467 e. The lowest BCUT2D eigenvalue weighted by Crippen LogP contribution is -2.10. The molecule has 1 N–H and O–H groups in total. The molecule has 0 aliphatic rings. The molecule has 0 atom stereocenters. The standard InChI is InChI=1S/C12H9BrF3NO/c13-8-3-4-10(12(14,15)16)11(6-8)17-7-9-2-1-5-18-9/h1-6,17H,7H2. The van der Waals surface area contributed by atoms with Crippen LogP contribution < -0.4 is 5.32 Å². The van der Waals surface area contributed by atoms with E-state index in [4.69, 9.17) is 4.42 Å². The van der Waals surface area contributed by atoms with E-state index in [9.17, 15) is 13.2 Å². The van der Waals surface area contributed by atoms with Crippen molar-refractivity contribution in [2.45, 2.75) is 12.7 Å². The maximum Gasteiger partial charge on any atom is 0.418 e. The Bertz CT molecular complexity index is 523. The zero-order valence-electron chi connectivity index (χ0n) is 9.09. The Balaban J connectivity index is 2.23. The fraction of sp³-hybridized carbons (Fsp3) is 0.167. The maximum atomic E-state index is 12.8. The smallest absolute Gasteiger partial charge is 0.418 e. The summed E-state index contributed by atoms with van der Waals surface area (Å²) >= 11 is 3.15. The van der Waals surface area contributed by atoms with Crippen LogP contribution in [0.5, 0.6) is 0 Å². The Kier molecular flexibility index (Phi) is 3.65. The highest BCUT2D eigenvalue weighted by Crippen LogP contribution is 2.36. The second kappa shape index (κ2) is 5.06. The fourth-order valence-electron chi connectivity index (χ4n) is 1.51. The Labute approximate surface area is 110 Å². The molecule has 1 heterocycles. The molecule has 6 heteroatoms. The van der Waals surface area contributed by atoms with Crippen LogP contribution in [0.1, 0.15) is 11.3 Å². The minimum absolute atomic E-state index is 0.0216. The first-order chi connectivity index (χ1) is 8.47. The number of hydrogen-bond acceptors (Lipinski definition) is 2. The zero-order valence-corrected chi connectivity index (χ0v) is 10.7. The molecule has 0 radical (unpaired) electrons. The topological polar surface area (TPSA) is 25.2 Å². The Morgan fingerprint density at radius 3 is 2.61 bits per heavy atom. The minimum Gasteiger partial charge on any atom is -0.467 e. The third-order valence-corrected chi connectivity index (χ3v) is 2.81. The van der Waals surface area contributed by atoms with Gasteiger partial charge in [-0.3, -0.25) is 0 Å². The van der Waals surface area contributed by atoms with E-state index in [1.165, 1.54) is 18.4 Å². The zero-order chi connectivity index (χ0) is 13.2. The summed E-state index contributed by atoms with van der Waals surface area (Å²) in [4.78, 5) is 0. The van der Waals surface area contributed by atoms with Gasteiger partial charge in [-0.1, -0.05) is 15.9 Å². The highest BCUT2D eigenvalue weighted by Gasteiger charge is 2.33. The van der Waals surface area contributed by atoms with Crippen LogP contribution in [-0.2, 0) is 12.7 Å². The summed E-state index contributed by atoms with van der Waals surface area (Å²) in [5.41, 5.74) is -0.675. The van der Waals surface area contributed by atoms with Crippen molar-refractivity contribution < 1.29 is 17.6 Å². The van der Waals surface area contributed by atoms with Crippen LogP contribution in [-0.4, -0.2) is 0 Å². The van der Waals surface area contributed by atoms with Gasteiger partial charge in [0.2, 0.25) is 0 Å². The lowest BCUT2D eigenvalue weighted by Gasteiger charge is -2.14. The number of halogens is 4. The van der Waals surface area contributed by atoms with Crippen molar-refractivity contribution in [3.05, 3.63) is 52.4 Å². The van der Waals surface area contributed by atoms with Crippen LogP contribution >= 0.6 is 15.9 Å². The summed E-state index contributed by atoms with van der Waals surface area (Å²) in [7, 11) is 0. The molecule has 18 heavy (non-hydrogen) atoms. The number of nitrogens with one attached hydrogen (secondary N) is 1. The molecule has 0 aliphatic carbocycles. The van der Waals surface area contributed by atoms with Crippen molar-refractivity contribution in [1.82, 2.24) is 0 Å². The van der Waals surface area contributed by atoms with Crippen LogP contribution in [0.3, 0.4) is 0 Å². The van der Waals surface area contributed by atoms with E-state index < -0.39 is 11.7 Å². The molecule has 0 bridgehead atoms. The predicted molar refractivity (Wildman–Crippen MR) is 65.2 cm³/mol. The van der Waals surface area contributed by atoms with E-state index in [2.05, 4.69) is 21.2 Å². The van der Waals surface area contributed by atoms with E-state index in [-0.39, 0.29) is 12.2 Å². The molecule has 0 aliphatic heterocycles. The number of alkyl halides is 3. The first kappa shape index (κ1) is 13.0. The minimum atomic E-state index is -4.38. The SMILES string of the molecule is FC(F)(F)c1ccc(Br)cc1NCc1ccco1. The third-order valence-electron chi connectivity index (χ3n) is 2.32. The van der Waals surface area contributed by atoms with E-state index in [1.54, 1.807) is 12.1 Å². The summed E-state index contributed by atoms with van der Waals surface area (Å²) in [6, 6.07) is 7.17. The third kappa shape index (κ3) is 3.07. The maximum absolute atomic E-state index is 12.8. The normalized spacial score (nSPS) is 11.6. The molecule has 0 spiro atoms. The van der Waals surface area contributed by atoms with E-state index in [0.717, 1.165) is 6.07 Å². The van der Waals surface area contributed by atoms with Crippen molar-refractivity contribution in [2.75, 3.05) is 5.32 Å². The average molecular weight is 320 g/mol. The summed E-state index contributed by atoms with van der Waals surface area (Å²) in [6.07, 6.45) is -2.91. The summed E-state index contributed by atoms with van der Waals surface area (Å²) in [5.74, 6) is 0.572. The highest BCUT2D eigenvalue weighted by molar-refractivity contribution is 9.10. The van der Waals surface area contributed by atoms with E-state index >= 15 is 0 Å². The summed E-state index contributed by atoms with van der Waals surface area (Å²) < 4.78 is 43.9. The van der Waals surface area contributed by atoms with Gasteiger partial charge in [0.25, 0.3) is 0 Å².